The van der Waals surface area contributed by atoms with Gasteiger partial charge in [-0.25, -0.2) is 0 Å². The molecule has 0 radical (unpaired) electrons. The molecule has 0 aliphatic carbocycles. The quantitative estimate of drug-likeness (QED) is 0.732. The molecule has 1 fully saturated rings. The Morgan fingerprint density at radius 3 is 2.74 bits per heavy atom. The molecule has 2 heterocycles. The van der Waals surface area contributed by atoms with E-state index in [1.165, 1.54) is 24.1 Å². The van der Waals surface area contributed by atoms with Crippen LogP contribution in [-0.4, -0.2) is 43.9 Å². The molecule has 0 spiro atoms. The zero-order valence-electron chi connectivity index (χ0n) is 10.1. The first-order chi connectivity index (χ1) is 8.89. The zero-order valence-corrected chi connectivity index (χ0v) is 10.9. The molecular formula is C10H12FN3O4S. The third-order valence-electron chi connectivity index (χ3n) is 2.75. The van der Waals surface area contributed by atoms with Crippen LogP contribution in [0.4, 0.5) is 9.70 Å². The van der Waals surface area contributed by atoms with E-state index in [-0.39, 0.29) is 18.9 Å². The third-order valence-corrected chi connectivity index (χ3v) is 3.62. The lowest BCUT2D eigenvalue weighted by atomic mass is 10.1. The Labute approximate surface area is 109 Å². The fourth-order valence-electron chi connectivity index (χ4n) is 1.96. The number of nitrogens with zero attached hydrogens (tertiary/aromatic N) is 3. The summed E-state index contributed by atoms with van der Waals surface area (Å²) in [5, 5.41) is 7.52. The van der Waals surface area contributed by atoms with Gasteiger partial charge in [-0.05, 0) is 6.07 Å². The second kappa shape index (κ2) is 5.08. The van der Waals surface area contributed by atoms with Gasteiger partial charge in [-0.3, -0.25) is 9.69 Å². The molecule has 1 amide bonds. The van der Waals surface area contributed by atoms with Crippen LogP contribution in [0.15, 0.2) is 12.1 Å². The van der Waals surface area contributed by atoms with Gasteiger partial charge in [0.2, 0.25) is 11.8 Å². The van der Waals surface area contributed by atoms with Crippen LogP contribution in [0.5, 0.6) is 5.88 Å². The first-order valence-corrected chi connectivity index (χ1v) is 7.05. The Morgan fingerprint density at radius 1 is 1.47 bits per heavy atom. The molecule has 1 unspecified atom stereocenters. The lowest BCUT2D eigenvalue weighted by Crippen LogP contribution is -2.26. The number of anilines is 1. The number of hydrogen-bond donors (Lipinski definition) is 0. The summed E-state index contributed by atoms with van der Waals surface area (Å²) in [6.45, 7) is 0.114. The number of methoxy groups -OCH3 is 1. The maximum atomic E-state index is 12.6. The van der Waals surface area contributed by atoms with Crippen molar-refractivity contribution in [1.29, 1.82) is 0 Å². The molecule has 1 atom stereocenters. The van der Waals surface area contributed by atoms with Crippen LogP contribution < -0.4 is 9.64 Å². The van der Waals surface area contributed by atoms with E-state index in [1.807, 2.05) is 0 Å². The van der Waals surface area contributed by atoms with Crippen molar-refractivity contribution in [1.82, 2.24) is 10.2 Å². The number of rotatable bonds is 4. The highest BCUT2D eigenvalue weighted by molar-refractivity contribution is 7.86. The molecule has 1 aliphatic heterocycles. The molecule has 0 aromatic carbocycles. The number of hydrogen-bond acceptors (Lipinski definition) is 6. The van der Waals surface area contributed by atoms with Crippen LogP contribution in [0.3, 0.4) is 0 Å². The summed E-state index contributed by atoms with van der Waals surface area (Å²) in [5.74, 6) is -0.916. The van der Waals surface area contributed by atoms with Crippen molar-refractivity contribution in [3.05, 3.63) is 12.1 Å². The number of ether oxygens (including phenoxy) is 1. The first kappa shape index (κ1) is 13.7. The van der Waals surface area contributed by atoms with Gasteiger partial charge < -0.3 is 4.74 Å². The van der Waals surface area contributed by atoms with Crippen LogP contribution in [0.1, 0.15) is 6.42 Å². The van der Waals surface area contributed by atoms with E-state index in [9.17, 15) is 17.1 Å². The summed E-state index contributed by atoms with van der Waals surface area (Å²) in [4.78, 5) is 13.0. The zero-order chi connectivity index (χ0) is 14.0. The smallest absolute Gasteiger partial charge is 0.302 e. The standard InChI is InChI=1S/C10H12FN3O4S/c1-18-9-3-2-8(12-13-9)14-5-7(4-10(14)15)6-19(11,16)17/h2-3,7H,4-6H2,1H3. The maximum Gasteiger partial charge on any atom is 0.302 e. The Balaban J connectivity index is 2.11. The van der Waals surface area contributed by atoms with Crippen LogP contribution in [-0.2, 0) is 15.0 Å². The molecule has 1 saturated heterocycles. The fraction of sp³-hybridized carbons (Fsp3) is 0.500. The van der Waals surface area contributed by atoms with Gasteiger partial charge in [-0.15, -0.1) is 14.1 Å². The normalized spacial score (nSPS) is 19.8. The Morgan fingerprint density at radius 2 is 2.21 bits per heavy atom. The predicted octanol–water partition coefficient (Wildman–Crippen LogP) is 0.137. The highest BCUT2D eigenvalue weighted by atomic mass is 32.3. The summed E-state index contributed by atoms with van der Waals surface area (Å²) in [6, 6.07) is 3.07. The molecule has 19 heavy (non-hydrogen) atoms. The highest BCUT2D eigenvalue weighted by Crippen LogP contribution is 2.25. The number of aromatic nitrogens is 2. The van der Waals surface area contributed by atoms with Crippen molar-refractivity contribution in [3.63, 3.8) is 0 Å². The predicted molar refractivity (Wildman–Crippen MR) is 63.9 cm³/mol. The van der Waals surface area contributed by atoms with Crippen molar-refractivity contribution in [2.45, 2.75) is 6.42 Å². The van der Waals surface area contributed by atoms with Gasteiger partial charge in [0.05, 0.1) is 12.9 Å². The maximum absolute atomic E-state index is 12.6. The van der Waals surface area contributed by atoms with E-state index < -0.39 is 21.9 Å². The molecule has 2 rings (SSSR count). The van der Waals surface area contributed by atoms with Gasteiger partial charge in [-0.2, -0.15) is 8.42 Å². The van der Waals surface area contributed by atoms with Gasteiger partial charge in [0.1, 0.15) is 0 Å². The average Bonchev–Trinajstić information content (AvgIpc) is 2.68. The van der Waals surface area contributed by atoms with Gasteiger partial charge in [0.25, 0.3) is 0 Å². The summed E-state index contributed by atoms with van der Waals surface area (Å²) >= 11 is 0. The number of carbonyl (C=O) groups excluding carboxylic acids is 1. The fourth-order valence-corrected chi connectivity index (χ4v) is 2.75. The lowest BCUT2D eigenvalue weighted by Gasteiger charge is -2.14. The molecule has 7 nitrogen and oxygen atoms in total. The lowest BCUT2D eigenvalue weighted by molar-refractivity contribution is -0.117. The highest BCUT2D eigenvalue weighted by Gasteiger charge is 2.34. The molecule has 1 aromatic heterocycles. The monoisotopic (exact) mass is 289 g/mol. The Bertz CT molecular complexity index is 575. The van der Waals surface area contributed by atoms with E-state index in [1.54, 1.807) is 0 Å². The molecule has 0 N–H and O–H groups in total. The van der Waals surface area contributed by atoms with E-state index in [0.717, 1.165) is 0 Å². The Hall–Kier alpha value is -1.77. The molecule has 104 valence electrons. The second-order valence-electron chi connectivity index (χ2n) is 4.21. The van der Waals surface area contributed by atoms with E-state index in [0.29, 0.717) is 11.7 Å². The van der Waals surface area contributed by atoms with Crippen molar-refractivity contribution in [2.24, 2.45) is 5.92 Å². The van der Waals surface area contributed by atoms with Gasteiger partial charge in [0, 0.05) is 24.9 Å². The van der Waals surface area contributed by atoms with Gasteiger partial charge in [0.15, 0.2) is 5.82 Å². The minimum Gasteiger partial charge on any atom is -0.480 e. The summed E-state index contributed by atoms with van der Waals surface area (Å²) in [7, 11) is -3.14. The van der Waals surface area contributed by atoms with Crippen molar-refractivity contribution < 1.29 is 21.8 Å². The molecule has 0 saturated carbocycles. The SMILES string of the molecule is COc1ccc(N2CC(CS(=O)(=O)F)CC2=O)nn1. The van der Waals surface area contributed by atoms with Crippen molar-refractivity contribution >= 4 is 21.9 Å². The van der Waals surface area contributed by atoms with Gasteiger partial charge in [-0.1, -0.05) is 0 Å². The minimum atomic E-state index is -4.58. The van der Waals surface area contributed by atoms with Gasteiger partial charge >= 0.3 is 10.2 Å². The first-order valence-electron chi connectivity index (χ1n) is 5.49. The molecule has 9 heteroatoms. The summed E-state index contributed by atoms with van der Waals surface area (Å²) in [6.07, 6.45) is -0.0170. The number of amides is 1. The molecule has 1 aromatic rings. The third kappa shape index (κ3) is 3.37. The van der Waals surface area contributed by atoms with E-state index in [4.69, 9.17) is 4.74 Å². The van der Waals surface area contributed by atoms with Crippen LogP contribution >= 0.6 is 0 Å². The van der Waals surface area contributed by atoms with Crippen molar-refractivity contribution in [2.75, 3.05) is 24.3 Å². The molecular weight excluding hydrogens is 277 g/mol. The van der Waals surface area contributed by atoms with Crippen LogP contribution in [0.2, 0.25) is 0 Å². The molecule has 1 aliphatic rings. The Kier molecular flexibility index (Phi) is 3.65. The van der Waals surface area contributed by atoms with E-state index >= 15 is 0 Å². The minimum absolute atomic E-state index is 0.0170. The number of halogens is 1. The summed E-state index contributed by atoms with van der Waals surface area (Å²) in [5.41, 5.74) is 0. The second-order valence-corrected chi connectivity index (χ2v) is 5.62. The van der Waals surface area contributed by atoms with E-state index in [2.05, 4.69) is 10.2 Å². The topological polar surface area (TPSA) is 89.5 Å². The number of carbonyl (C=O) groups is 1. The van der Waals surface area contributed by atoms with Crippen molar-refractivity contribution in [3.8, 4) is 5.88 Å². The largest absolute Gasteiger partial charge is 0.480 e. The average molecular weight is 289 g/mol. The molecule has 0 bridgehead atoms. The summed E-state index contributed by atoms with van der Waals surface area (Å²) < 4.78 is 38.6. The van der Waals surface area contributed by atoms with Crippen LogP contribution in [0.25, 0.3) is 0 Å². The van der Waals surface area contributed by atoms with Crippen LogP contribution in [0, 0.1) is 5.92 Å².